The van der Waals surface area contributed by atoms with Crippen molar-refractivity contribution in [3.63, 3.8) is 0 Å². The average molecular weight is 386 g/mol. The molecule has 0 unspecified atom stereocenters. The topological polar surface area (TPSA) is 67.4 Å². The van der Waals surface area contributed by atoms with Gasteiger partial charge in [0.2, 0.25) is 5.91 Å². The van der Waals surface area contributed by atoms with Gasteiger partial charge in [0.25, 0.3) is 0 Å². The number of allylic oxidation sites excluding steroid dienone is 1. The van der Waals surface area contributed by atoms with E-state index in [0.717, 1.165) is 12.1 Å². The maximum Gasteiger partial charge on any atom is 0.416 e. The second-order valence-electron chi connectivity index (χ2n) is 6.98. The van der Waals surface area contributed by atoms with Crippen LogP contribution in [0.1, 0.15) is 45.2 Å². The standard InChI is InChI=1S/C19H25F3N2O3/c1-13(14-6-8-15(9-7-14)19(20,21)22)12-16(25)23-10-5-11-24-17(26)27-18(2,3)4/h6-9,12H,5,10-11H2,1-4H3,(H,23,25)(H,24,26)/b13-12-. The van der Waals surface area contributed by atoms with E-state index in [-0.39, 0.29) is 5.91 Å². The molecule has 0 aliphatic heterocycles. The number of amides is 2. The van der Waals surface area contributed by atoms with E-state index in [1.54, 1.807) is 27.7 Å². The molecule has 27 heavy (non-hydrogen) atoms. The molecule has 0 aliphatic carbocycles. The van der Waals surface area contributed by atoms with Crippen molar-refractivity contribution in [1.29, 1.82) is 0 Å². The quantitative estimate of drug-likeness (QED) is 0.570. The highest BCUT2D eigenvalue weighted by molar-refractivity contribution is 5.94. The van der Waals surface area contributed by atoms with E-state index in [9.17, 15) is 22.8 Å². The lowest BCUT2D eigenvalue weighted by molar-refractivity contribution is -0.137. The molecule has 5 nitrogen and oxygen atoms in total. The third-order valence-corrected chi connectivity index (χ3v) is 3.34. The van der Waals surface area contributed by atoms with Gasteiger partial charge in [0.1, 0.15) is 5.60 Å². The first-order valence-corrected chi connectivity index (χ1v) is 8.49. The van der Waals surface area contributed by atoms with E-state index in [2.05, 4.69) is 10.6 Å². The summed E-state index contributed by atoms with van der Waals surface area (Å²) in [6.45, 7) is 7.61. The Morgan fingerprint density at radius 1 is 1.04 bits per heavy atom. The lowest BCUT2D eigenvalue weighted by Crippen LogP contribution is -2.34. The summed E-state index contributed by atoms with van der Waals surface area (Å²) in [4.78, 5) is 23.3. The van der Waals surface area contributed by atoms with Gasteiger partial charge in [-0.05, 0) is 57.4 Å². The number of hydrogen-bond donors (Lipinski definition) is 2. The summed E-state index contributed by atoms with van der Waals surface area (Å²) in [5.41, 5.74) is -0.224. The third kappa shape index (κ3) is 9.12. The average Bonchev–Trinajstić information content (AvgIpc) is 2.52. The van der Waals surface area contributed by atoms with Gasteiger partial charge < -0.3 is 15.4 Å². The number of carbonyl (C=O) groups is 2. The molecule has 0 fully saturated rings. The van der Waals surface area contributed by atoms with Crippen LogP contribution in [0.3, 0.4) is 0 Å². The van der Waals surface area contributed by atoms with Crippen LogP contribution in [0, 0.1) is 0 Å². The Bertz CT molecular complexity index is 675. The van der Waals surface area contributed by atoms with Crippen molar-refractivity contribution in [3.05, 3.63) is 41.5 Å². The highest BCUT2D eigenvalue weighted by atomic mass is 19.4. The fourth-order valence-corrected chi connectivity index (χ4v) is 2.06. The zero-order valence-corrected chi connectivity index (χ0v) is 15.9. The molecule has 150 valence electrons. The Balaban J connectivity index is 2.39. The Labute approximate surface area is 157 Å². The van der Waals surface area contributed by atoms with Gasteiger partial charge in [0.15, 0.2) is 0 Å². The van der Waals surface area contributed by atoms with Crippen LogP contribution in [0.15, 0.2) is 30.3 Å². The SMILES string of the molecule is C/C(=C/C(=O)NCCCNC(=O)OC(C)(C)C)c1ccc(C(F)(F)F)cc1. The highest BCUT2D eigenvalue weighted by Crippen LogP contribution is 2.29. The molecule has 0 saturated heterocycles. The van der Waals surface area contributed by atoms with Crippen LogP contribution >= 0.6 is 0 Å². The fraction of sp³-hybridized carbons (Fsp3) is 0.474. The summed E-state index contributed by atoms with van der Waals surface area (Å²) < 4.78 is 42.7. The second kappa shape index (κ2) is 9.43. The highest BCUT2D eigenvalue weighted by Gasteiger charge is 2.29. The molecule has 2 amide bonds. The minimum Gasteiger partial charge on any atom is -0.444 e. The maximum absolute atomic E-state index is 12.6. The summed E-state index contributed by atoms with van der Waals surface area (Å²) >= 11 is 0. The van der Waals surface area contributed by atoms with E-state index in [1.807, 2.05) is 0 Å². The number of benzene rings is 1. The first-order chi connectivity index (χ1) is 12.4. The van der Waals surface area contributed by atoms with Gasteiger partial charge >= 0.3 is 12.3 Å². The van der Waals surface area contributed by atoms with Crippen molar-refractivity contribution in [2.24, 2.45) is 0 Å². The molecule has 0 saturated carbocycles. The third-order valence-electron chi connectivity index (χ3n) is 3.34. The number of rotatable bonds is 6. The van der Waals surface area contributed by atoms with Gasteiger partial charge in [-0.25, -0.2) is 4.79 Å². The molecule has 2 N–H and O–H groups in total. The molecule has 0 radical (unpaired) electrons. The lowest BCUT2D eigenvalue weighted by atomic mass is 10.0. The van der Waals surface area contributed by atoms with Crippen LogP contribution in [0.2, 0.25) is 0 Å². The van der Waals surface area contributed by atoms with Crippen molar-refractivity contribution in [3.8, 4) is 0 Å². The van der Waals surface area contributed by atoms with E-state index >= 15 is 0 Å². The van der Waals surface area contributed by atoms with Crippen molar-refractivity contribution < 1.29 is 27.5 Å². The van der Waals surface area contributed by atoms with Crippen molar-refractivity contribution >= 4 is 17.6 Å². The van der Waals surface area contributed by atoms with Gasteiger partial charge in [0.05, 0.1) is 5.56 Å². The number of hydrogen-bond acceptors (Lipinski definition) is 3. The van der Waals surface area contributed by atoms with E-state index in [1.165, 1.54) is 18.2 Å². The lowest BCUT2D eigenvalue weighted by Gasteiger charge is -2.19. The molecule has 1 rings (SSSR count). The van der Waals surface area contributed by atoms with Gasteiger partial charge in [-0.2, -0.15) is 13.2 Å². The summed E-state index contributed by atoms with van der Waals surface area (Å²) in [6.07, 6.45) is -3.07. The molecule has 0 atom stereocenters. The minimum absolute atomic E-state index is 0.339. The molecule has 0 heterocycles. The van der Waals surface area contributed by atoms with Crippen LogP contribution < -0.4 is 10.6 Å². The number of alkyl halides is 3. The Kier molecular flexibility index (Phi) is 7.87. The van der Waals surface area contributed by atoms with Gasteiger partial charge in [-0.3, -0.25) is 4.79 Å². The molecule has 1 aromatic carbocycles. The summed E-state index contributed by atoms with van der Waals surface area (Å²) in [6, 6.07) is 4.61. The molecule has 0 aromatic heterocycles. The van der Waals surface area contributed by atoms with Crippen LogP contribution in [0.4, 0.5) is 18.0 Å². The van der Waals surface area contributed by atoms with Crippen LogP contribution in [-0.2, 0) is 15.7 Å². The molecule has 8 heteroatoms. The van der Waals surface area contributed by atoms with E-state index in [4.69, 9.17) is 4.74 Å². The first kappa shape index (κ1) is 22.5. The number of halogens is 3. The first-order valence-electron chi connectivity index (χ1n) is 8.49. The normalized spacial score (nSPS) is 12.5. The van der Waals surface area contributed by atoms with E-state index < -0.39 is 23.4 Å². The number of alkyl carbamates (subject to hydrolysis) is 1. The van der Waals surface area contributed by atoms with Gasteiger partial charge in [-0.15, -0.1) is 0 Å². The number of nitrogens with one attached hydrogen (secondary N) is 2. The maximum atomic E-state index is 12.6. The smallest absolute Gasteiger partial charge is 0.416 e. The Morgan fingerprint density at radius 2 is 1.59 bits per heavy atom. The monoisotopic (exact) mass is 386 g/mol. The number of ether oxygens (including phenoxy) is 1. The summed E-state index contributed by atoms with van der Waals surface area (Å²) in [7, 11) is 0. The largest absolute Gasteiger partial charge is 0.444 e. The molecular weight excluding hydrogens is 361 g/mol. The van der Waals surface area contributed by atoms with Crippen molar-refractivity contribution in [2.75, 3.05) is 13.1 Å². The van der Waals surface area contributed by atoms with Gasteiger partial charge in [0, 0.05) is 19.2 Å². The predicted molar refractivity (Wildman–Crippen MR) is 97.0 cm³/mol. The molecule has 1 aromatic rings. The predicted octanol–water partition coefficient (Wildman–Crippen LogP) is 4.14. The van der Waals surface area contributed by atoms with Crippen LogP contribution in [-0.4, -0.2) is 30.7 Å². The van der Waals surface area contributed by atoms with Crippen molar-refractivity contribution in [1.82, 2.24) is 10.6 Å². The molecule has 0 aliphatic rings. The molecule has 0 bridgehead atoms. The second-order valence-corrected chi connectivity index (χ2v) is 6.98. The van der Waals surface area contributed by atoms with Crippen LogP contribution in [0.5, 0.6) is 0 Å². The Hall–Kier alpha value is -2.51. The molecule has 0 spiro atoms. The van der Waals surface area contributed by atoms with E-state index in [0.29, 0.717) is 30.6 Å². The fourth-order valence-electron chi connectivity index (χ4n) is 2.06. The zero-order chi connectivity index (χ0) is 20.7. The van der Waals surface area contributed by atoms with Crippen LogP contribution in [0.25, 0.3) is 5.57 Å². The number of carbonyl (C=O) groups excluding carboxylic acids is 2. The summed E-state index contributed by atoms with van der Waals surface area (Å²) in [5, 5.41) is 5.23. The zero-order valence-electron chi connectivity index (χ0n) is 15.9. The minimum atomic E-state index is -4.39. The Morgan fingerprint density at radius 3 is 2.11 bits per heavy atom. The summed E-state index contributed by atoms with van der Waals surface area (Å²) in [5.74, 6) is -0.357. The van der Waals surface area contributed by atoms with Crippen molar-refractivity contribution in [2.45, 2.75) is 45.9 Å². The van der Waals surface area contributed by atoms with Gasteiger partial charge in [-0.1, -0.05) is 12.1 Å². The molecular formula is C19H25F3N2O3.